The van der Waals surface area contributed by atoms with Crippen LogP contribution in [0.2, 0.25) is 0 Å². The number of amides is 1. The normalized spacial score (nSPS) is 25.5. The van der Waals surface area contributed by atoms with Gasteiger partial charge in [0.25, 0.3) is 0 Å². The van der Waals surface area contributed by atoms with Gasteiger partial charge < -0.3 is 15.4 Å². The first-order valence-electron chi connectivity index (χ1n) is 9.42. The van der Waals surface area contributed by atoms with Gasteiger partial charge >= 0.3 is 0 Å². The number of ether oxygens (including phenoxy) is 1. The Morgan fingerprint density at radius 2 is 2.11 bits per heavy atom. The Labute approximate surface area is 160 Å². The van der Waals surface area contributed by atoms with Crippen molar-refractivity contribution < 1.29 is 18.6 Å². The van der Waals surface area contributed by atoms with E-state index in [1.165, 1.54) is 0 Å². The zero-order valence-electron chi connectivity index (χ0n) is 15.1. The van der Waals surface area contributed by atoms with Gasteiger partial charge in [-0.1, -0.05) is 12.5 Å². The Kier molecular flexibility index (Phi) is 4.92. The van der Waals surface area contributed by atoms with Crippen LogP contribution in [0.5, 0.6) is 5.75 Å². The van der Waals surface area contributed by atoms with E-state index in [-0.39, 0.29) is 23.7 Å². The molecule has 1 atom stereocenters. The Hall–Kier alpha value is -1.97. The zero-order chi connectivity index (χ0) is 19.0. The summed E-state index contributed by atoms with van der Waals surface area (Å²) >= 11 is 0. The highest BCUT2D eigenvalue weighted by Gasteiger charge is 2.35. The molecule has 0 spiro atoms. The third kappa shape index (κ3) is 3.71. The highest BCUT2D eigenvalue weighted by Crippen LogP contribution is 2.46. The molecule has 5 N–H and O–H groups in total. The van der Waals surface area contributed by atoms with Gasteiger partial charge in [-0.2, -0.15) is 0 Å². The van der Waals surface area contributed by atoms with Gasteiger partial charge in [0.1, 0.15) is 12.4 Å². The number of hydrogen-bond acceptors (Lipinski definition) is 7. The number of piperidine rings is 1. The number of carbonyl (C=O) groups excluding carboxylic acids is 1. The van der Waals surface area contributed by atoms with Crippen LogP contribution in [-0.4, -0.2) is 44.9 Å². The van der Waals surface area contributed by atoms with E-state index in [0.717, 1.165) is 45.1 Å². The second-order valence-electron chi connectivity index (χ2n) is 7.40. The van der Waals surface area contributed by atoms with Gasteiger partial charge in [0.05, 0.1) is 17.3 Å². The number of carbonyl (C=O) groups is 1. The number of nitrogens with one attached hydrogen (secondary N) is 1. The van der Waals surface area contributed by atoms with E-state index in [0.29, 0.717) is 23.6 Å². The number of nitrogens with zero attached hydrogens (tertiary/aromatic N) is 2. The van der Waals surface area contributed by atoms with Crippen LogP contribution in [0.25, 0.3) is 0 Å². The summed E-state index contributed by atoms with van der Waals surface area (Å²) in [5, 5.41) is 0. The summed E-state index contributed by atoms with van der Waals surface area (Å²) in [6, 6.07) is 5.29. The second kappa shape index (κ2) is 7.21. The molecule has 1 aromatic carbocycles. The molecule has 2 aliphatic heterocycles. The molecule has 1 amide bonds. The topological polar surface area (TPSA) is 120 Å². The fraction of sp³-hybridized carbons (Fsp3) is 0.556. The van der Waals surface area contributed by atoms with Crippen molar-refractivity contribution in [3.8, 4) is 5.75 Å². The summed E-state index contributed by atoms with van der Waals surface area (Å²) in [5.74, 6) is 1.01. The number of hydrogen-bond donors (Lipinski definition) is 4. The lowest BCUT2D eigenvalue weighted by molar-refractivity contribution is -0.142. The van der Waals surface area contributed by atoms with E-state index in [9.17, 15) is 13.9 Å². The van der Waals surface area contributed by atoms with Gasteiger partial charge in [-0.25, -0.2) is 0 Å². The molecule has 2 heterocycles. The van der Waals surface area contributed by atoms with E-state index < -0.39 is 11.0 Å². The monoisotopic (exact) mass is 394 g/mol. The van der Waals surface area contributed by atoms with E-state index >= 15 is 0 Å². The van der Waals surface area contributed by atoms with Gasteiger partial charge in [0.15, 0.2) is 5.84 Å². The van der Waals surface area contributed by atoms with Gasteiger partial charge in [0.2, 0.25) is 5.91 Å². The van der Waals surface area contributed by atoms with E-state index in [2.05, 4.69) is 9.12 Å². The lowest BCUT2D eigenvalue weighted by Gasteiger charge is -2.40. The molecule has 1 aromatic rings. The fourth-order valence-corrected chi connectivity index (χ4v) is 4.77. The third-order valence-electron chi connectivity index (χ3n) is 5.55. The van der Waals surface area contributed by atoms with Crippen molar-refractivity contribution in [2.24, 2.45) is 16.0 Å². The van der Waals surface area contributed by atoms with Crippen molar-refractivity contribution in [1.82, 2.24) is 4.90 Å². The van der Waals surface area contributed by atoms with Gasteiger partial charge in [-0.3, -0.25) is 18.6 Å². The maximum absolute atomic E-state index is 12.7. The third-order valence-corrected chi connectivity index (χ3v) is 6.50. The number of rotatable bonds is 4. The molecule has 0 unspecified atom stereocenters. The molecule has 0 bridgehead atoms. The Morgan fingerprint density at radius 1 is 1.30 bits per heavy atom. The Morgan fingerprint density at radius 3 is 2.85 bits per heavy atom. The number of nitrogens with two attached hydrogens (primary N) is 1. The SMILES string of the molecule is NC1=NS(O)(O)Nc2cccc(OC[C@H]3CCCCN3C(=O)C3CCC3)c21. The zero-order valence-corrected chi connectivity index (χ0v) is 16.0. The lowest BCUT2D eigenvalue weighted by Crippen LogP contribution is -2.50. The highest BCUT2D eigenvalue weighted by atomic mass is 32.3. The largest absolute Gasteiger partial charge is 0.491 e. The van der Waals surface area contributed by atoms with Crippen molar-refractivity contribution in [3.05, 3.63) is 23.8 Å². The number of fused-ring (bicyclic) bond motifs is 1. The minimum Gasteiger partial charge on any atom is -0.491 e. The van der Waals surface area contributed by atoms with E-state index in [1.807, 2.05) is 4.90 Å². The summed E-state index contributed by atoms with van der Waals surface area (Å²) in [7, 11) is -3.32. The molecule has 3 aliphatic rings. The van der Waals surface area contributed by atoms with E-state index in [1.54, 1.807) is 18.2 Å². The molecule has 1 aliphatic carbocycles. The molecule has 27 heavy (non-hydrogen) atoms. The maximum Gasteiger partial charge on any atom is 0.226 e. The van der Waals surface area contributed by atoms with Crippen molar-refractivity contribution >= 4 is 28.4 Å². The Bertz CT molecular complexity index is 766. The molecule has 8 nitrogen and oxygen atoms in total. The number of likely N-dealkylation sites (tertiary alicyclic amines) is 1. The van der Waals surface area contributed by atoms with Crippen LogP contribution < -0.4 is 15.2 Å². The van der Waals surface area contributed by atoms with Crippen LogP contribution in [0.15, 0.2) is 22.6 Å². The Balaban J connectivity index is 1.49. The average molecular weight is 394 g/mol. The van der Waals surface area contributed by atoms with Crippen LogP contribution in [0.3, 0.4) is 0 Å². The number of anilines is 1. The van der Waals surface area contributed by atoms with Crippen molar-refractivity contribution in [2.75, 3.05) is 17.9 Å². The molecule has 1 saturated carbocycles. The smallest absolute Gasteiger partial charge is 0.226 e. The van der Waals surface area contributed by atoms with Crippen molar-refractivity contribution in [2.45, 2.75) is 44.6 Å². The van der Waals surface area contributed by atoms with Crippen LogP contribution in [0.1, 0.15) is 44.1 Å². The summed E-state index contributed by atoms with van der Waals surface area (Å²) in [4.78, 5) is 14.7. The molecular weight excluding hydrogens is 368 g/mol. The van der Waals surface area contributed by atoms with Crippen LogP contribution in [-0.2, 0) is 4.79 Å². The first kappa shape index (κ1) is 18.4. The molecule has 0 radical (unpaired) electrons. The summed E-state index contributed by atoms with van der Waals surface area (Å²) in [6.07, 6.45) is 6.20. The van der Waals surface area contributed by atoms with Gasteiger partial charge in [-0.05, 0) is 55.2 Å². The predicted octanol–water partition coefficient (Wildman–Crippen LogP) is 2.96. The number of benzene rings is 1. The van der Waals surface area contributed by atoms with Crippen molar-refractivity contribution in [3.63, 3.8) is 0 Å². The molecule has 9 heteroatoms. The minimum absolute atomic E-state index is 0.0328. The summed E-state index contributed by atoms with van der Waals surface area (Å²) < 4.78 is 31.9. The minimum atomic E-state index is -3.32. The first-order chi connectivity index (χ1) is 12.9. The molecular formula is C18H26N4O4S. The first-order valence-corrected chi connectivity index (χ1v) is 10.9. The number of amidine groups is 1. The summed E-state index contributed by atoms with van der Waals surface area (Å²) in [6.45, 7) is 1.18. The molecule has 0 aromatic heterocycles. The van der Waals surface area contributed by atoms with Crippen LogP contribution in [0.4, 0.5) is 5.69 Å². The van der Waals surface area contributed by atoms with Crippen LogP contribution >= 0.6 is 11.0 Å². The standard InChI is InChI=1S/C18H26N4O4S/c19-17-16-14(20-27(24,25)21-17)8-4-9-15(16)26-11-13-7-1-2-10-22(13)18(23)12-5-3-6-12/h4,8-9,12-13,20,24-25H,1-3,5-7,10-11H2,(H2,19,21)/t13-/m1/s1. The second-order valence-corrected chi connectivity index (χ2v) is 8.82. The quantitative estimate of drug-likeness (QED) is 0.623. The molecule has 2 fully saturated rings. The maximum atomic E-state index is 12.7. The van der Waals surface area contributed by atoms with Crippen molar-refractivity contribution in [1.29, 1.82) is 0 Å². The molecule has 148 valence electrons. The fourth-order valence-electron chi connectivity index (χ4n) is 3.89. The molecule has 1 saturated heterocycles. The molecule has 4 rings (SSSR count). The average Bonchev–Trinajstić information content (AvgIpc) is 2.57. The van der Waals surface area contributed by atoms with Crippen LogP contribution in [0, 0.1) is 5.92 Å². The predicted molar refractivity (Wildman–Crippen MR) is 106 cm³/mol. The highest BCUT2D eigenvalue weighted by molar-refractivity contribution is 8.24. The lowest BCUT2D eigenvalue weighted by atomic mass is 9.83. The van der Waals surface area contributed by atoms with Gasteiger partial charge in [-0.15, -0.1) is 4.40 Å². The summed E-state index contributed by atoms with van der Waals surface area (Å²) in [5.41, 5.74) is 6.94. The van der Waals surface area contributed by atoms with E-state index in [4.69, 9.17) is 10.5 Å². The van der Waals surface area contributed by atoms with Gasteiger partial charge in [0, 0.05) is 12.5 Å².